The molecular weight excluding hydrogens is 192 g/mol. The topological polar surface area (TPSA) is 56.3 Å². The van der Waals surface area contributed by atoms with E-state index in [-0.39, 0.29) is 0 Å². The van der Waals surface area contributed by atoms with E-state index in [0.717, 1.165) is 24.6 Å². The highest BCUT2D eigenvalue weighted by Gasteiger charge is 2.35. The number of ether oxygens (including phenoxy) is 1. The van der Waals surface area contributed by atoms with Gasteiger partial charge in [0.05, 0.1) is 17.9 Å². The molecule has 2 bridgehead atoms. The first-order valence-electron chi connectivity index (χ1n) is 5.42. The predicted molar refractivity (Wildman–Crippen MR) is 57.7 cm³/mol. The summed E-state index contributed by atoms with van der Waals surface area (Å²) < 4.78 is 7.54. The zero-order chi connectivity index (χ0) is 10.4. The van der Waals surface area contributed by atoms with Crippen molar-refractivity contribution < 1.29 is 4.74 Å². The fourth-order valence-corrected chi connectivity index (χ4v) is 2.53. The second-order valence-corrected chi connectivity index (χ2v) is 4.44. The molecule has 1 aromatic rings. The van der Waals surface area contributed by atoms with Crippen LogP contribution >= 0.6 is 0 Å². The summed E-state index contributed by atoms with van der Waals surface area (Å²) in [5.74, 6) is 0.915. The van der Waals surface area contributed by atoms with Gasteiger partial charge in [0.25, 0.3) is 0 Å². The predicted octanol–water partition coefficient (Wildman–Crippen LogP) is 0.370. The molecule has 3 heterocycles. The van der Waals surface area contributed by atoms with Gasteiger partial charge in [0.15, 0.2) is 5.82 Å². The van der Waals surface area contributed by atoms with Crippen molar-refractivity contribution in [2.45, 2.75) is 25.0 Å². The first-order valence-corrected chi connectivity index (χ1v) is 5.42. The van der Waals surface area contributed by atoms with Gasteiger partial charge in [-0.15, -0.1) is 0 Å². The second-order valence-electron chi connectivity index (χ2n) is 4.44. The van der Waals surface area contributed by atoms with Crippen LogP contribution in [0.1, 0.15) is 12.8 Å². The van der Waals surface area contributed by atoms with E-state index in [1.807, 2.05) is 13.2 Å². The summed E-state index contributed by atoms with van der Waals surface area (Å²) in [5.41, 5.74) is 6.68. The van der Waals surface area contributed by atoms with Crippen molar-refractivity contribution >= 4 is 11.5 Å². The molecule has 0 radical (unpaired) electrons. The smallest absolute Gasteiger partial charge is 0.174 e. The van der Waals surface area contributed by atoms with Crippen molar-refractivity contribution in [2.24, 2.45) is 7.05 Å². The van der Waals surface area contributed by atoms with Crippen LogP contribution in [0.25, 0.3) is 0 Å². The van der Waals surface area contributed by atoms with Crippen molar-refractivity contribution in [1.29, 1.82) is 0 Å². The van der Waals surface area contributed by atoms with Crippen LogP contribution in [0.5, 0.6) is 0 Å². The minimum atomic E-state index is 0.380. The third-order valence-corrected chi connectivity index (χ3v) is 3.18. The van der Waals surface area contributed by atoms with Gasteiger partial charge in [-0.3, -0.25) is 4.68 Å². The van der Waals surface area contributed by atoms with Crippen LogP contribution in [-0.2, 0) is 11.8 Å². The lowest BCUT2D eigenvalue weighted by Crippen LogP contribution is -2.43. The van der Waals surface area contributed by atoms with Crippen LogP contribution in [0, 0.1) is 0 Å². The number of aryl methyl sites for hydroxylation is 1. The highest BCUT2D eigenvalue weighted by atomic mass is 16.5. The Morgan fingerprint density at radius 3 is 2.60 bits per heavy atom. The lowest BCUT2D eigenvalue weighted by atomic mass is 10.2. The number of anilines is 2. The highest BCUT2D eigenvalue weighted by molar-refractivity contribution is 5.62. The first-order chi connectivity index (χ1) is 7.22. The number of nitrogen functional groups attached to an aromatic ring is 1. The molecule has 0 aromatic carbocycles. The van der Waals surface area contributed by atoms with Crippen LogP contribution in [0.15, 0.2) is 6.20 Å². The SMILES string of the molecule is Cn1cc(N)c(N2CC3CCC(C2)O3)n1. The van der Waals surface area contributed by atoms with Crippen LogP contribution in [0.4, 0.5) is 11.5 Å². The molecule has 0 aliphatic carbocycles. The van der Waals surface area contributed by atoms with Crippen molar-refractivity contribution in [2.75, 3.05) is 23.7 Å². The Morgan fingerprint density at radius 2 is 2.07 bits per heavy atom. The Balaban J connectivity index is 1.85. The van der Waals surface area contributed by atoms with Gasteiger partial charge in [0.1, 0.15) is 0 Å². The molecule has 0 spiro atoms. The molecule has 82 valence electrons. The molecule has 2 unspecified atom stereocenters. The Kier molecular flexibility index (Phi) is 1.88. The number of hydrogen-bond acceptors (Lipinski definition) is 4. The molecule has 2 atom stereocenters. The van der Waals surface area contributed by atoms with Gasteiger partial charge in [-0.2, -0.15) is 5.10 Å². The van der Waals surface area contributed by atoms with E-state index in [1.165, 1.54) is 12.8 Å². The quantitative estimate of drug-likeness (QED) is 0.724. The van der Waals surface area contributed by atoms with Gasteiger partial charge in [-0.05, 0) is 12.8 Å². The molecule has 15 heavy (non-hydrogen) atoms. The first kappa shape index (κ1) is 9.03. The molecule has 0 saturated carbocycles. The average Bonchev–Trinajstić information content (AvgIpc) is 2.70. The Labute approximate surface area is 88.8 Å². The Bertz CT molecular complexity index is 363. The molecule has 1 aromatic heterocycles. The molecule has 2 aliphatic rings. The number of nitrogens with zero attached hydrogens (tertiary/aromatic N) is 3. The van der Waals surface area contributed by atoms with E-state index in [4.69, 9.17) is 10.5 Å². The maximum Gasteiger partial charge on any atom is 0.174 e. The maximum absolute atomic E-state index is 5.92. The van der Waals surface area contributed by atoms with Gasteiger partial charge in [0.2, 0.25) is 0 Å². The monoisotopic (exact) mass is 208 g/mol. The molecule has 2 N–H and O–H groups in total. The second kappa shape index (κ2) is 3.13. The van der Waals surface area contributed by atoms with E-state index < -0.39 is 0 Å². The van der Waals surface area contributed by atoms with Gasteiger partial charge in [-0.25, -0.2) is 0 Å². The largest absolute Gasteiger partial charge is 0.394 e. The maximum atomic E-state index is 5.92. The van der Waals surface area contributed by atoms with Crippen molar-refractivity contribution in [3.05, 3.63) is 6.20 Å². The average molecular weight is 208 g/mol. The van der Waals surface area contributed by atoms with Gasteiger partial charge in [0, 0.05) is 26.3 Å². The van der Waals surface area contributed by atoms with Crippen molar-refractivity contribution in [1.82, 2.24) is 9.78 Å². The number of fused-ring (bicyclic) bond motifs is 2. The molecule has 2 fully saturated rings. The Morgan fingerprint density at radius 1 is 1.40 bits per heavy atom. The number of nitrogens with two attached hydrogens (primary N) is 1. The van der Waals surface area contributed by atoms with Crippen LogP contribution in [0.2, 0.25) is 0 Å². The van der Waals surface area contributed by atoms with Crippen LogP contribution in [0.3, 0.4) is 0 Å². The summed E-state index contributed by atoms with van der Waals surface area (Å²) >= 11 is 0. The van der Waals surface area contributed by atoms with Crippen LogP contribution < -0.4 is 10.6 Å². The minimum Gasteiger partial charge on any atom is -0.394 e. The molecule has 2 saturated heterocycles. The summed E-state index contributed by atoms with van der Waals surface area (Å²) in [5, 5.41) is 4.39. The number of hydrogen-bond donors (Lipinski definition) is 1. The molecule has 5 heteroatoms. The minimum absolute atomic E-state index is 0.380. The third-order valence-electron chi connectivity index (χ3n) is 3.18. The summed E-state index contributed by atoms with van der Waals surface area (Å²) in [6, 6.07) is 0. The zero-order valence-electron chi connectivity index (χ0n) is 8.89. The van der Waals surface area contributed by atoms with E-state index in [0.29, 0.717) is 12.2 Å². The number of aromatic nitrogens is 2. The lowest BCUT2D eigenvalue weighted by Gasteiger charge is -2.32. The van der Waals surface area contributed by atoms with Crippen molar-refractivity contribution in [3.63, 3.8) is 0 Å². The lowest BCUT2D eigenvalue weighted by molar-refractivity contribution is 0.0302. The number of rotatable bonds is 1. The molecule has 2 aliphatic heterocycles. The fraction of sp³-hybridized carbons (Fsp3) is 0.700. The highest BCUT2D eigenvalue weighted by Crippen LogP contribution is 2.31. The molecular formula is C10H16N4O. The van der Waals surface area contributed by atoms with Gasteiger partial charge in [-0.1, -0.05) is 0 Å². The standard InChI is InChI=1S/C10H16N4O/c1-13-6-9(11)10(12-13)14-4-7-2-3-8(5-14)15-7/h6-8H,2-5,11H2,1H3. The fourth-order valence-electron chi connectivity index (χ4n) is 2.53. The normalized spacial score (nSPS) is 29.8. The van der Waals surface area contributed by atoms with Crippen molar-refractivity contribution in [3.8, 4) is 0 Å². The van der Waals surface area contributed by atoms with Crippen LogP contribution in [-0.4, -0.2) is 35.1 Å². The van der Waals surface area contributed by atoms with Gasteiger partial charge >= 0.3 is 0 Å². The Hall–Kier alpha value is -1.23. The van der Waals surface area contributed by atoms with E-state index >= 15 is 0 Å². The molecule has 3 rings (SSSR count). The molecule has 5 nitrogen and oxygen atoms in total. The van der Waals surface area contributed by atoms with E-state index in [9.17, 15) is 0 Å². The zero-order valence-corrected chi connectivity index (χ0v) is 8.89. The summed E-state index contributed by atoms with van der Waals surface area (Å²) in [7, 11) is 1.90. The third kappa shape index (κ3) is 1.47. The van der Waals surface area contributed by atoms with E-state index in [2.05, 4.69) is 10.00 Å². The summed E-state index contributed by atoms with van der Waals surface area (Å²) in [4.78, 5) is 2.25. The summed E-state index contributed by atoms with van der Waals surface area (Å²) in [6.45, 7) is 1.86. The number of morpholine rings is 1. The van der Waals surface area contributed by atoms with Gasteiger partial charge < -0.3 is 15.4 Å². The summed E-state index contributed by atoms with van der Waals surface area (Å²) in [6.07, 6.45) is 4.96. The van der Waals surface area contributed by atoms with E-state index in [1.54, 1.807) is 4.68 Å². The molecule has 0 amide bonds.